The molecule has 15 nitrogen and oxygen atoms in total. The van der Waals surface area contributed by atoms with Gasteiger partial charge in [0.05, 0.1) is 32.9 Å². The fraction of sp³-hybridized carbons (Fsp3) is 0.886. The summed E-state index contributed by atoms with van der Waals surface area (Å²) in [7, 11) is 0. The number of carbonyl (C=O) groups is 4. The van der Waals surface area contributed by atoms with E-state index < -0.39 is 78.4 Å². The van der Waals surface area contributed by atoms with Crippen molar-refractivity contribution < 1.29 is 54.2 Å². The molecule has 0 bridgehead atoms. The molecule has 3 atom stereocenters. The van der Waals surface area contributed by atoms with Gasteiger partial charge >= 0.3 is 0 Å². The Morgan fingerprint density at radius 2 is 1.16 bits per heavy atom. The molecule has 1 aliphatic heterocycles. The number of nitrogens with zero attached hydrogens (tertiary/aromatic N) is 2. The van der Waals surface area contributed by atoms with Crippen molar-refractivity contribution >= 4 is 23.6 Å². The molecule has 1 heterocycles. The lowest BCUT2D eigenvalue weighted by Gasteiger charge is -2.41. The predicted octanol–water partition coefficient (Wildman–Crippen LogP) is 0.698. The second kappa shape index (κ2) is 20.6. The molecule has 15 heteroatoms. The Hall–Kier alpha value is -2.40. The minimum absolute atomic E-state index is 0.0805. The summed E-state index contributed by atoms with van der Waals surface area (Å²) in [6.45, 7) is 13.1. The van der Waals surface area contributed by atoms with Crippen LogP contribution < -0.4 is 10.6 Å². The first-order chi connectivity index (χ1) is 23.1. The molecule has 0 aromatic carbocycles. The first kappa shape index (κ1) is 45.6. The van der Waals surface area contributed by atoms with Crippen LogP contribution in [0.4, 0.5) is 0 Å². The average molecular weight is 719 g/mol. The molecular weight excluding hydrogens is 652 g/mol. The fourth-order valence-corrected chi connectivity index (χ4v) is 4.81. The van der Waals surface area contributed by atoms with Gasteiger partial charge < -0.3 is 45.6 Å². The first-order valence-electron chi connectivity index (χ1n) is 17.7. The number of aliphatic hydroxyl groups is 5. The van der Waals surface area contributed by atoms with Gasteiger partial charge in [0.1, 0.15) is 12.2 Å². The zero-order valence-electron chi connectivity index (χ0n) is 31.6. The Balaban J connectivity index is 3.15. The summed E-state index contributed by atoms with van der Waals surface area (Å²) in [5.41, 5.74) is -3.39. The van der Waals surface area contributed by atoms with Gasteiger partial charge in [0.15, 0.2) is 6.29 Å². The summed E-state index contributed by atoms with van der Waals surface area (Å²) in [5.74, 6) is -2.97. The Bertz CT molecular complexity index is 1080. The van der Waals surface area contributed by atoms with E-state index in [9.17, 15) is 44.7 Å². The van der Waals surface area contributed by atoms with Crippen molar-refractivity contribution in [1.29, 1.82) is 0 Å². The molecule has 0 aliphatic carbocycles. The zero-order chi connectivity index (χ0) is 38.3. The SMILES string of the molecule is CC(C)(CO)CCNC(=O)CCN(C(=O)C(O)C(C)(C)CO)N(CCC(=O)NCCC(C)(C)COC1CCCCO1)C(=O)C(O)C(C)(C)CO. The highest BCUT2D eigenvalue weighted by atomic mass is 16.7. The number of hydrogen-bond donors (Lipinski definition) is 7. The van der Waals surface area contributed by atoms with Gasteiger partial charge in [0.25, 0.3) is 11.8 Å². The molecular formula is C35H66N4O11. The number of ether oxygens (including phenoxy) is 2. The second-order valence-corrected chi connectivity index (χ2v) is 16.3. The van der Waals surface area contributed by atoms with Gasteiger partial charge in [-0.2, -0.15) is 0 Å². The molecule has 292 valence electrons. The minimum Gasteiger partial charge on any atom is -0.396 e. The van der Waals surface area contributed by atoms with Crippen LogP contribution >= 0.6 is 0 Å². The summed E-state index contributed by atoms with van der Waals surface area (Å²) in [6, 6.07) is 0. The van der Waals surface area contributed by atoms with Crippen molar-refractivity contribution in [2.45, 2.75) is 119 Å². The van der Waals surface area contributed by atoms with E-state index in [0.717, 1.165) is 29.3 Å². The third-order valence-electron chi connectivity index (χ3n) is 9.14. The molecule has 4 amide bonds. The van der Waals surface area contributed by atoms with Crippen LogP contribution in [0.25, 0.3) is 0 Å². The lowest BCUT2D eigenvalue weighted by atomic mass is 9.86. The van der Waals surface area contributed by atoms with Crippen molar-refractivity contribution in [2.24, 2.45) is 21.7 Å². The van der Waals surface area contributed by atoms with E-state index in [4.69, 9.17) is 9.47 Å². The van der Waals surface area contributed by atoms with E-state index >= 15 is 0 Å². The van der Waals surface area contributed by atoms with E-state index in [0.29, 0.717) is 32.6 Å². The van der Waals surface area contributed by atoms with Crippen LogP contribution in [0.15, 0.2) is 0 Å². The van der Waals surface area contributed by atoms with Gasteiger partial charge in [-0.3, -0.25) is 19.2 Å². The van der Waals surface area contributed by atoms with Crippen LogP contribution in [0, 0.1) is 21.7 Å². The molecule has 0 radical (unpaired) electrons. The van der Waals surface area contributed by atoms with Crippen LogP contribution in [0.5, 0.6) is 0 Å². The number of rotatable bonds is 22. The Kier molecular flexibility index (Phi) is 18.8. The highest BCUT2D eigenvalue weighted by molar-refractivity contribution is 5.88. The quantitative estimate of drug-likeness (QED) is 0.0773. The van der Waals surface area contributed by atoms with Crippen LogP contribution in [-0.4, -0.2) is 137 Å². The van der Waals surface area contributed by atoms with Crippen molar-refractivity contribution in [3.8, 4) is 0 Å². The van der Waals surface area contributed by atoms with Crippen LogP contribution in [0.3, 0.4) is 0 Å². The van der Waals surface area contributed by atoms with Gasteiger partial charge in [-0.25, -0.2) is 10.0 Å². The number of hydrazine groups is 1. The van der Waals surface area contributed by atoms with Crippen LogP contribution in [0.1, 0.15) is 100 Å². The fourth-order valence-electron chi connectivity index (χ4n) is 4.81. The average Bonchev–Trinajstić information content (AvgIpc) is 3.07. The Labute approximate surface area is 298 Å². The molecule has 1 saturated heterocycles. The molecule has 0 aromatic rings. The second-order valence-electron chi connectivity index (χ2n) is 16.3. The summed E-state index contributed by atoms with van der Waals surface area (Å²) >= 11 is 0. The maximum atomic E-state index is 13.8. The van der Waals surface area contributed by atoms with Gasteiger partial charge in [-0.15, -0.1) is 0 Å². The van der Waals surface area contributed by atoms with E-state index in [1.807, 2.05) is 27.7 Å². The number of nitrogens with one attached hydrogen (secondary N) is 2. The van der Waals surface area contributed by atoms with E-state index in [2.05, 4.69) is 10.6 Å². The molecule has 1 aliphatic rings. The van der Waals surface area contributed by atoms with Crippen molar-refractivity contribution in [1.82, 2.24) is 20.7 Å². The van der Waals surface area contributed by atoms with Crippen molar-refractivity contribution in [2.75, 3.05) is 59.2 Å². The summed E-state index contributed by atoms with van der Waals surface area (Å²) in [4.78, 5) is 53.5. The molecule has 0 saturated carbocycles. The molecule has 50 heavy (non-hydrogen) atoms. The Morgan fingerprint density at radius 1 is 0.720 bits per heavy atom. The van der Waals surface area contributed by atoms with Crippen molar-refractivity contribution in [3.05, 3.63) is 0 Å². The largest absolute Gasteiger partial charge is 0.396 e. The number of amides is 4. The molecule has 7 N–H and O–H groups in total. The van der Waals surface area contributed by atoms with Crippen molar-refractivity contribution in [3.63, 3.8) is 0 Å². The standard InChI is InChI=1S/C35H66N4O11/c1-32(2,21-40)14-16-36-25(43)12-18-38(30(47)28(45)34(5,6)22-41)39(31(48)29(46)35(7,8)23-42)19-13-26(44)37-17-15-33(3,4)24-50-27-11-9-10-20-49-27/h27-29,40-42,45-46H,9-24H2,1-8H3,(H,36,43)(H,37,44). The third kappa shape index (κ3) is 15.5. The molecule has 0 aromatic heterocycles. The number of carbonyl (C=O) groups excluding carboxylic acids is 4. The van der Waals surface area contributed by atoms with E-state index in [1.54, 1.807) is 0 Å². The van der Waals surface area contributed by atoms with E-state index in [-0.39, 0.29) is 37.7 Å². The van der Waals surface area contributed by atoms with Gasteiger partial charge in [-0.1, -0.05) is 55.4 Å². The maximum absolute atomic E-state index is 13.8. The summed E-state index contributed by atoms with van der Waals surface area (Å²) < 4.78 is 11.6. The van der Waals surface area contributed by atoms with Gasteiger partial charge in [0.2, 0.25) is 11.8 Å². The monoisotopic (exact) mass is 718 g/mol. The highest BCUT2D eigenvalue weighted by Gasteiger charge is 2.43. The lowest BCUT2D eigenvalue weighted by Crippen LogP contribution is -2.60. The van der Waals surface area contributed by atoms with Gasteiger partial charge in [0, 0.05) is 50.0 Å². The smallest absolute Gasteiger partial charge is 0.270 e. The lowest BCUT2D eigenvalue weighted by molar-refractivity contribution is -0.183. The zero-order valence-corrected chi connectivity index (χ0v) is 31.6. The Morgan fingerprint density at radius 3 is 1.54 bits per heavy atom. The third-order valence-corrected chi connectivity index (χ3v) is 9.14. The van der Waals surface area contributed by atoms with Crippen LogP contribution in [-0.2, 0) is 28.7 Å². The first-order valence-corrected chi connectivity index (χ1v) is 17.7. The maximum Gasteiger partial charge on any atom is 0.270 e. The molecule has 3 unspecified atom stereocenters. The number of aliphatic hydroxyl groups excluding tert-OH is 5. The predicted molar refractivity (Wildman–Crippen MR) is 186 cm³/mol. The normalized spacial score (nSPS) is 17.1. The van der Waals surface area contributed by atoms with E-state index in [1.165, 1.54) is 27.7 Å². The number of hydrogen-bond acceptors (Lipinski definition) is 11. The van der Waals surface area contributed by atoms with Crippen LogP contribution in [0.2, 0.25) is 0 Å². The molecule has 0 spiro atoms. The van der Waals surface area contributed by atoms with Gasteiger partial charge in [-0.05, 0) is 42.9 Å². The molecule has 1 rings (SSSR count). The summed E-state index contributed by atoms with van der Waals surface area (Å²) in [6.07, 6.45) is -0.520. The molecule has 1 fully saturated rings. The minimum atomic E-state index is -1.82. The summed E-state index contributed by atoms with van der Waals surface area (Å²) in [5, 5.41) is 58.4. The topological polar surface area (TPSA) is 218 Å². The highest BCUT2D eigenvalue weighted by Crippen LogP contribution is 2.26.